The van der Waals surface area contributed by atoms with E-state index in [1.807, 2.05) is 6.92 Å². The van der Waals surface area contributed by atoms with Gasteiger partial charge in [0.2, 0.25) is 5.91 Å². The van der Waals surface area contributed by atoms with Gasteiger partial charge in [-0.05, 0) is 32.3 Å². The lowest BCUT2D eigenvalue weighted by molar-refractivity contribution is -0.138. The van der Waals surface area contributed by atoms with E-state index in [0.717, 1.165) is 25.3 Å². The number of nitrogens with zero attached hydrogens (tertiary/aromatic N) is 1. The van der Waals surface area contributed by atoms with E-state index in [1.54, 1.807) is 11.8 Å². The fourth-order valence-electron chi connectivity index (χ4n) is 2.54. The predicted octanol–water partition coefficient (Wildman–Crippen LogP) is 2.97. The summed E-state index contributed by atoms with van der Waals surface area (Å²) in [6.45, 7) is 3.83. The molecule has 1 saturated carbocycles. The van der Waals surface area contributed by atoms with Crippen LogP contribution in [0.15, 0.2) is 18.2 Å². The van der Waals surface area contributed by atoms with E-state index in [9.17, 15) is 13.6 Å². The van der Waals surface area contributed by atoms with Gasteiger partial charge in [0, 0.05) is 24.2 Å². The Hall–Kier alpha value is -1.49. The number of nitrogens with two attached hydrogens (primary N) is 1. The molecule has 1 atom stereocenters. The van der Waals surface area contributed by atoms with Gasteiger partial charge in [0.1, 0.15) is 11.6 Å². The number of hydrogen-bond acceptors (Lipinski definition) is 2. The van der Waals surface area contributed by atoms with Gasteiger partial charge < -0.3 is 10.6 Å². The maximum Gasteiger partial charge on any atom is 0.242 e. The number of amides is 1. The quantitative estimate of drug-likeness (QED) is 0.877. The Morgan fingerprint density at radius 3 is 2.62 bits per heavy atom. The minimum atomic E-state index is -0.937. The van der Waals surface area contributed by atoms with Crippen LogP contribution in [0.2, 0.25) is 0 Å². The van der Waals surface area contributed by atoms with Gasteiger partial charge in [-0.25, -0.2) is 8.78 Å². The first-order chi connectivity index (χ1) is 9.85. The van der Waals surface area contributed by atoms with E-state index in [4.69, 9.17) is 5.73 Å². The normalized spacial score (nSPS) is 17.4. The molecule has 0 saturated heterocycles. The highest BCUT2D eigenvalue weighted by atomic mass is 19.1. The van der Waals surface area contributed by atoms with Crippen molar-refractivity contribution in [2.45, 2.75) is 57.7 Å². The summed E-state index contributed by atoms with van der Waals surface area (Å²) in [5.41, 5.74) is 5.49. The van der Waals surface area contributed by atoms with Crippen molar-refractivity contribution >= 4 is 5.91 Å². The molecule has 0 heterocycles. The summed E-state index contributed by atoms with van der Waals surface area (Å²) in [7, 11) is 0. The van der Waals surface area contributed by atoms with Crippen LogP contribution >= 0.6 is 0 Å². The molecule has 2 rings (SSSR count). The fraction of sp³-hybridized carbons (Fsp3) is 0.562. The summed E-state index contributed by atoms with van der Waals surface area (Å²) in [6, 6.07) is 3.57. The van der Waals surface area contributed by atoms with E-state index in [2.05, 4.69) is 0 Å². The highest BCUT2D eigenvalue weighted by molar-refractivity contribution is 5.86. The smallest absolute Gasteiger partial charge is 0.242 e. The highest BCUT2D eigenvalue weighted by Gasteiger charge is 2.39. The average Bonchev–Trinajstić information content (AvgIpc) is 3.21. The summed E-state index contributed by atoms with van der Waals surface area (Å²) in [6.07, 6.45) is 3.22. The molecule has 3 nitrogen and oxygen atoms in total. The minimum Gasteiger partial charge on any atom is -0.334 e. The van der Waals surface area contributed by atoms with Gasteiger partial charge in [0.15, 0.2) is 0 Å². The second kappa shape index (κ2) is 6.10. The molecule has 0 radical (unpaired) electrons. The molecular formula is C16H22F2N2O. The molecule has 5 heteroatoms. The van der Waals surface area contributed by atoms with Crippen LogP contribution in [0, 0.1) is 11.6 Å². The molecule has 2 N–H and O–H groups in total. The van der Waals surface area contributed by atoms with Crippen LogP contribution in [0.25, 0.3) is 0 Å². The van der Waals surface area contributed by atoms with Crippen LogP contribution in [0.1, 0.15) is 45.1 Å². The Balaban J connectivity index is 2.18. The van der Waals surface area contributed by atoms with Gasteiger partial charge in [-0.3, -0.25) is 4.79 Å². The van der Waals surface area contributed by atoms with Crippen molar-refractivity contribution in [2.24, 2.45) is 5.73 Å². The maximum absolute atomic E-state index is 13.8. The Morgan fingerprint density at radius 1 is 1.43 bits per heavy atom. The van der Waals surface area contributed by atoms with E-state index >= 15 is 0 Å². The number of hydrogen-bond donors (Lipinski definition) is 1. The second-order valence-corrected chi connectivity index (χ2v) is 6.07. The molecule has 1 aliphatic carbocycles. The Labute approximate surface area is 124 Å². The maximum atomic E-state index is 13.8. The van der Waals surface area contributed by atoms with Crippen molar-refractivity contribution in [3.63, 3.8) is 0 Å². The van der Waals surface area contributed by atoms with Gasteiger partial charge in [-0.15, -0.1) is 0 Å². The molecule has 0 aromatic heterocycles. The van der Waals surface area contributed by atoms with E-state index < -0.39 is 17.2 Å². The Bertz CT molecular complexity index is 527. The zero-order valence-corrected chi connectivity index (χ0v) is 12.5. The Morgan fingerprint density at radius 2 is 2.10 bits per heavy atom. The zero-order chi connectivity index (χ0) is 15.6. The standard InChI is InChI=1S/C16H22F2N2O/c1-3-8-16(2,19)15(21)20(13-6-7-13)10-11-4-5-12(17)9-14(11)18/h4-5,9,13H,3,6-8,10,19H2,1-2H3. The molecule has 1 amide bonds. The third kappa shape index (κ3) is 3.79. The molecule has 1 aromatic rings. The fourth-order valence-corrected chi connectivity index (χ4v) is 2.54. The predicted molar refractivity (Wildman–Crippen MR) is 77.4 cm³/mol. The lowest BCUT2D eigenvalue weighted by atomic mass is 9.95. The minimum absolute atomic E-state index is 0.127. The molecule has 0 spiro atoms. The summed E-state index contributed by atoms with van der Waals surface area (Å²) >= 11 is 0. The Kier molecular flexibility index (Phi) is 4.61. The number of rotatable bonds is 6. The van der Waals surface area contributed by atoms with E-state index in [1.165, 1.54) is 12.1 Å². The largest absolute Gasteiger partial charge is 0.334 e. The van der Waals surface area contributed by atoms with Crippen molar-refractivity contribution in [3.05, 3.63) is 35.4 Å². The highest BCUT2D eigenvalue weighted by Crippen LogP contribution is 2.31. The van der Waals surface area contributed by atoms with E-state index in [0.29, 0.717) is 12.0 Å². The monoisotopic (exact) mass is 296 g/mol. The van der Waals surface area contributed by atoms with Crippen LogP contribution in [0.4, 0.5) is 8.78 Å². The molecule has 1 fully saturated rings. The topological polar surface area (TPSA) is 46.3 Å². The molecule has 1 aliphatic rings. The van der Waals surface area contributed by atoms with Crippen molar-refractivity contribution in [1.29, 1.82) is 0 Å². The second-order valence-electron chi connectivity index (χ2n) is 6.07. The van der Waals surface area contributed by atoms with Crippen molar-refractivity contribution in [2.75, 3.05) is 0 Å². The van der Waals surface area contributed by atoms with Crippen LogP contribution in [-0.4, -0.2) is 22.4 Å². The van der Waals surface area contributed by atoms with Crippen LogP contribution in [0.3, 0.4) is 0 Å². The van der Waals surface area contributed by atoms with Gasteiger partial charge in [-0.2, -0.15) is 0 Å². The molecule has 0 aliphatic heterocycles. The molecular weight excluding hydrogens is 274 g/mol. The summed E-state index contributed by atoms with van der Waals surface area (Å²) < 4.78 is 26.8. The third-order valence-corrected chi connectivity index (χ3v) is 3.86. The van der Waals surface area contributed by atoms with Crippen LogP contribution in [0.5, 0.6) is 0 Å². The SMILES string of the molecule is CCCC(C)(N)C(=O)N(Cc1ccc(F)cc1F)C1CC1. The van der Waals surface area contributed by atoms with Crippen molar-refractivity contribution < 1.29 is 13.6 Å². The first kappa shape index (κ1) is 15.9. The molecule has 1 unspecified atom stereocenters. The van der Waals surface area contributed by atoms with Crippen LogP contribution < -0.4 is 5.73 Å². The molecule has 1 aromatic carbocycles. The summed E-state index contributed by atoms with van der Waals surface area (Å²) in [5.74, 6) is -1.39. The van der Waals surface area contributed by atoms with Gasteiger partial charge >= 0.3 is 0 Å². The van der Waals surface area contributed by atoms with E-state index in [-0.39, 0.29) is 18.5 Å². The van der Waals surface area contributed by atoms with Gasteiger partial charge in [-0.1, -0.05) is 19.4 Å². The van der Waals surface area contributed by atoms with Crippen LogP contribution in [-0.2, 0) is 11.3 Å². The first-order valence-corrected chi connectivity index (χ1v) is 7.39. The van der Waals surface area contributed by atoms with Gasteiger partial charge in [0.25, 0.3) is 0 Å². The van der Waals surface area contributed by atoms with Crippen molar-refractivity contribution in [1.82, 2.24) is 4.90 Å². The summed E-state index contributed by atoms with van der Waals surface area (Å²) in [5, 5.41) is 0. The first-order valence-electron chi connectivity index (χ1n) is 7.39. The molecule has 21 heavy (non-hydrogen) atoms. The van der Waals surface area contributed by atoms with Crippen molar-refractivity contribution in [3.8, 4) is 0 Å². The van der Waals surface area contributed by atoms with Gasteiger partial charge in [0.05, 0.1) is 5.54 Å². The molecule has 116 valence electrons. The lowest BCUT2D eigenvalue weighted by Gasteiger charge is -2.32. The summed E-state index contributed by atoms with van der Waals surface area (Å²) in [4.78, 5) is 14.3. The third-order valence-electron chi connectivity index (χ3n) is 3.86. The number of carbonyl (C=O) groups is 1. The number of carbonyl (C=O) groups excluding carboxylic acids is 1. The average molecular weight is 296 g/mol. The zero-order valence-electron chi connectivity index (χ0n) is 12.5. The number of halogens is 2. The number of benzene rings is 1. The molecule has 0 bridgehead atoms. The lowest BCUT2D eigenvalue weighted by Crippen LogP contribution is -2.53.